The highest BCUT2D eigenvalue weighted by atomic mass is 32.2. The van der Waals surface area contributed by atoms with E-state index < -0.39 is 33.3 Å². The molecule has 3 N–H and O–H groups in total. The van der Waals surface area contributed by atoms with Crippen LogP contribution in [0.15, 0.2) is 62.9 Å². The smallest absolute Gasteiger partial charge is 0.341 e. The first-order valence-electron chi connectivity index (χ1n) is 14.4. The number of halogens is 1. The number of amides is 1. The molecule has 2 aromatic carbocycles. The largest absolute Gasteiger partial charge is 0.477 e. The Morgan fingerprint density at radius 2 is 1.78 bits per heavy atom. The highest BCUT2D eigenvalue weighted by Gasteiger charge is 2.30. The first-order chi connectivity index (χ1) is 21.4. The number of piperazine rings is 1. The van der Waals surface area contributed by atoms with Crippen molar-refractivity contribution in [1.29, 1.82) is 0 Å². The summed E-state index contributed by atoms with van der Waals surface area (Å²) in [6, 6.07) is 9.48. The number of pyridine rings is 1. The van der Waals surface area contributed by atoms with E-state index in [2.05, 4.69) is 15.2 Å². The van der Waals surface area contributed by atoms with Crippen LogP contribution < -0.4 is 20.4 Å². The summed E-state index contributed by atoms with van der Waals surface area (Å²) in [5.74, 6) is -1.71. The van der Waals surface area contributed by atoms with Crippen molar-refractivity contribution in [3.63, 3.8) is 0 Å². The van der Waals surface area contributed by atoms with E-state index in [0.717, 1.165) is 18.9 Å². The Balaban J connectivity index is 1.10. The van der Waals surface area contributed by atoms with E-state index in [1.165, 1.54) is 36.5 Å². The predicted molar refractivity (Wildman–Crippen MR) is 164 cm³/mol. The van der Waals surface area contributed by atoms with Gasteiger partial charge in [-0.3, -0.25) is 19.2 Å². The first kappa shape index (κ1) is 30.3. The lowest BCUT2D eigenvalue weighted by molar-refractivity contribution is -0.120. The minimum Gasteiger partial charge on any atom is -0.477 e. The van der Waals surface area contributed by atoms with E-state index in [4.69, 9.17) is 4.52 Å². The van der Waals surface area contributed by atoms with Crippen molar-refractivity contribution >= 4 is 50.0 Å². The van der Waals surface area contributed by atoms with Gasteiger partial charge < -0.3 is 24.4 Å². The van der Waals surface area contributed by atoms with Crippen LogP contribution in [0.3, 0.4) is 0 Å². The average molecular weight is 639 g/mol. The standard InChI is InChI=1S/C30H31FN6O7S/c1-17-13-27(33-44-17)34-45(42,43)21-7-3-19(4-8-21)32-29(39)18(2)35-9-11-36(12-10-35)26-15-25-22(14-24(26)31)28(38)23(30(40)41)16-37(25)20-5-6-20/h3-4,7-8,13-16,18,20H,5-6,9-12H2,1-2H3,(H,32,39)(H,33,34)(H,40,41). The van der Waals surface area contributed by atoms with Gasteiger partial charge in [-0.2, -0.15) is 0 Å². The lowest BCUT2D eigenvalue weighted by Gasteiger charge is -2.38. The molecule has 0 bridgehead atoms. The van der Waals surface area contributed by atoms with Gasteiger partial charge >= 0.3 is 5.97 Å². The number of aromatic nitrogens is 2. The first-order valence-corrected chi connectivity index (χ1v) is 15.9. The zero-order valence-corrected chi connectivity index (χ0v) is 25.3. The summed E-state index contributed by atoms with van der Waals surface area (Å²) in [6.45, 7) is 5.17. The second kappa shape index (κ2) is 11.6. The molecule has 1 aliphatic carbocycles. The van der Waals surface area contributed by atoms with Gasteiger partial charge in [-0.15, -0.1) is 0 Å². The maximum absolute atomic E-state index is 15.3. The second-order valence-corrected chi connectivity index (χ2v) is 13.0. The summed E-state index contributed by atoms with van der Waals surface area (Å²) in [4.78, 5) is 41.3. The van der Waals surface area contributed by atoms with Gasteiger partial charge in [0.1, 0.15) is 17.1 Å². The fraction of sp³-hybridized carbons (Fsp3) is 0.333. The normalized spacial score (nSPS) is 16.5. The lowest BCUT2D eigenvalue weighted by Crippen LogP contribution is -2.53. The van der Waals surface area contributed by atoms with Crippen molar-refractivity contribution < 1.29 is 32.0 Å². The minimum atomic E-state index is -3.90. The fourth-order valence-electron chi connectivity index (χ4n) is 5.50. The van der Waals surface area contributed by atoms with Crippen molar-refractivity contribution in [2.45, 2.75) is 43.7 Å². The van der Waals surface area contributed by atoms with E-state index >= 15 is 4.39 Å². The summed E-state index contributed by atoms with van der Waals surface area (Å²) >= 11 is 0. The zero-order chi connectivity index (χ0) is 32.0. The molecule has 2 fully saturated rings. The molecule has 2 aliphatic rings. The number of carboxylic acid groups (broad SMARTS) is 1. The van der Waals surface area contributed by atoms with Gasteiger partial charge in [0.15, 0.2) is 5.82 Å². The number of carbonyl (C=O) groups excluding carboxylic acids is 1. The topological polar surface area (TPSA) is 167 Å². The number of nitrogens with zero attached hydrogens (tertiary/aromatic N) is 4. The molecule has 0 radical (unpaired) electrons. The lowest BCUT2D eigenvalue weighted by atomic mass is 10.1. The molecule has 1 aliphatic heterocycles. The molecule has 4 aromatic rings. The van der Waals surface area contributed by atoms with Gasteiger partial charge in [-0.25, -0.2) is 17.6 Å². The Hall–Kier alpha value is -4.76. The van der Waals surface area contributed by atoms with Crippen molar-refractivity contribution in [3.8, 4) is 0 Å². The van der Waals surface area contributed by atoms with Crippen LogP contribution in [0.5, 0.6) is 0 Å². The molecular formula is C30H31FN6O7S. The number of carboxylic acids is 1. The number of rotatable bonds is 9. The monoisotopic (exact) mass is 638 g/mol. The number of fused-ring (bicyclic) bond motifs is 1. The van der Waals surface area contributed by atoms with Gasteiger partial charge in [0.05, 0.1) is 22.1 Å². The minimum absolute atomic E-state index is 0.0114. The van der Waals surface area contributed by atoms with E-state index in [0.29, 0.717) is 48.8 Å². The summed E-state index contributed by atoms with van der Waals surface area (Å²) in [5, 5.41) is 16.0. The molecule has 1 saturated heterocycles. The van der Waals surface area contributed by atoms with Gasteiger partial charge in [-0.1, -0.05) is 5.16 Å². The highest BCUT2D eigenvalue weighted by Crippen LogP contribution is 2.38. The Kier molecular flexibility index (Phi) is 7.82. The highest BCUT2D eigenvalue weighted by molar-refractivity contribution is 7.92. The molecule has 1 saturated carbocycles. The van der Waals surface area contributed by atoms with Gasteiger partial charge in [0.25, 0.3) is 10.0 Å². The van der Waals surface area contributed by atoms with E-state index in [-0.39, 0.29) is 33.6 Å². The Labute approximate surface area is 257 Å². The van der Waals surface area contributed by atoms with Crippen LogP contribution in [-0.4, -0.2) is 72.2 Å². The van der Waals surface area contributed by atoms with Gasteiger partial charge in [-0.05, 0) is 63.1 Å². The molecule has 1 amide bonds. The van der Waals surface area contributed by atoms with Crippen LogP contribution in [0.25, 0.3) is 10.9 Å². The molecule has 1 unspecified atom stereocenters. The number of nitrogens with one attached hydrogen (secondary N) is 2. The van der Waals surface area contributed by atoms with Crippen molar-refractivity contribution in [3.05, 3.63) is 76.0 Å². The number of hydrogen-bond acceptors (Lipinski definition) is 9. The molecule has 2 aromatic heterocycles. The molecule has 6 rings (SSSR count). The van der Waals surface area contributed by atoms with E-state index in [9.17, 15) is 27.9 Å². The second-order valence-electron chi connectivity index (χ2n) is 11.3. The molecule has 236 valence electrons. The molecular weight excluding hydrogens is 607 g/mol. The van der Waals surface area contributed by atoms with Crippen molar-refractivity contribution in [2.75, 3.05) is 41.1 Å². The maximum atomic E-state index is 15.3. The Morgan fingerprint density at radius 1 is 1.09 bits per heavy atom. The number of hydrogen-bond donors (Lipinski definition) is 3. The number of anilines is 3. The summed E-state index contributed by atoms with van der Waals surface area (Å²) < 4.78 is 49.6. The van der Waals surface area contributed by atoms with E-state index in [1.54, 1.807) is 24.5 Å². The zero-order valence-electron chi connectivity index (χ0n) is 24.5. The predicted octanol–water partition coefficient (Wildman–Crippen LogP) is 3.42. The van der Waals surface area contributed by atoms with Crippen LogP contribution in [0.1, 0.15) is 41.9 Å². The van der Waals surface area contributed by atoms with Crippen LogP contribution in [0.2, 0.25) is 0 Å². The van der Waals surface area contributed by atoms with Crippen LogP contribution in [0.4, 0.5) is 21.6 Å². The Morgan fingerprint density at radius 3 is 2.38 bits per heavy atom. The third-order valence-electron chi connectivity index (χ3n) is 8.15. The molecule has 3 heterocycles. The number of aryl methyl sites for hydroxylation is 1. The number of carbonyl (C=O) groups is 2. The summed E-state index contributed by atoms with van der Waals surface area (Å²) in [7, 11) is -3.90. The number of sulfonamides is 1. The molecule has 0 spiro atoms. The molecule has 15 heteroatoms. The SMILES string of the molecule is Cc1cc(NS(=O)(=O)c2ccc(NC(=O)C(C)N3CCN(c4cc5c(cc4F)c(=O)c(C(=O)O)cn5C4CC4)CC3)cc2)no1. The molecule has 1 atom stereocenters. The number of aromatic carboxylic acids is 1. The Bertz CT molecular complexity index is 1960. The average Bonchev–Trinajstić information content (AvgIpc) is 3.78. The van der Waals surface area contributed by atoms with Gasteiger partial charge in [0, 0.05) is 55.6 Å². The quantitative estimate of drug-likeness (QED) is 0.247. The summed E-state index contributed by atoms with van der Waals surface area (Å²) in [6.07, 6.45) is 3.06. The van der Waals surface area contributed by atoms with Crippen molar-refractivity contribution in [1.82, 2.24) is 14.6 Å². The van der Waals surface area contributed by atoms with Crippen LogP contribution in [-0.2, 0) is 14.8 Å². The van der Waals surface area contributed by atoms with Crippen molar-refractivity contribution in [2.24, 2.45) is 0 Å². The van der Waals surface area contributed by atoms with Gasteiger partial charge in [0.2, 0.25) is 11.3 Å². The van der Waals surface area contributed by atoms with Crippen LogP contribution >= 0.6 is 0 Å². The number of benzene rings is 2. The fourth-order valence-corrected chi connectivity index (χ4v) is 6.48. The molecule has 45 heavy (non-hydrogen) atoms. The van der Waals surface area contributed by atoms with Crippen LogP contribution in [0, 0.1) is 12.7 Å². The maximum Gasteiger partial charge on any atom is 0.341 e. The molecule has 13 nitrogen and oxygen atoms in total. The third-order valence-corrected chi connectivity index (χ3v) is 9.52. The third kappa shape index (κ3) is 6.13. The van der Waals surface area contributed by atoms with E-state index in [1.807, 2.05) is 9.80 Å². The summed E-state index contributed by atoms with van der Waals surface area (Å²) in [5.41, 5.74) is 0.159.